The molecule has 0 bridgehead atoms. The molecule has 0 saturated carbocycles. The Morgan fingerprint density at radius 1 is 0.914 bits per heavy atom. The van der Waals surface area contributed by atoms with Crippen molar-refractivity contribution in [3.8, 4) is 0 Å². The van der Waals surface area contributed by atoms with Crippen molar-refractivity contribution in [2.45, 2.75) is 12.8 Å². The van der Waals surface area contributed by atoms with E-state index in [2.05, 4.69) is 27.4 Å². The average Bonchev–Trinajstić information content (AvgIpc) is 3.24. The van der Waals surface area contributed by atoms with Crippen molar-refractivity contribution in [2.24, 2.45) is 0 Å². The first-order valence-corrected chi connectivity index (χ1v) is 11.7. The molecule has 3 aromatic carbocycles. The Bertz CT molecular complexity index is 1340. The van der Waals surface area contributed by atoms with Gasteiger partial charge in [0.2, 0.25) is 0 Å². The normalized spacial score (nSPS) is 14.4. The van der Waals surface area contributed by atoms with E-state index in [-0.39, 0.29) is 5.91 Å². The van der Waals surface area contributed by atoms with Gasteiger partial charge in [-0.1, -0.05) is 18.2 Å². The number of nitrogens with zero attached hydrogens (tertiary/aromatic N) is 4. The minimum absolute atomic E-state index is 0.221. The largest absolute Gasteiger partial charge is 0.368 e. The van der Waals surface area contributed by atoms with E-state index < -0.39 is 11.6 Å². The van der Waals surface area contributed by atoms with Crippen molar-refractivity contribution >= 4 is 22.5 Å². The molecule has 2 heterocycles. The van der Waals surface area contributed by atoms with Gasteiger partial charge in [-0.3, -0.25) is 4.79 Å². The molecule has 4 aromatic rings. The molecule has 1 aliphatic rings. The summed E-state index contributed by atoms with van der Waals surface area (Å²) in [6, 6.07) is 17.1. The fraction of sp³-hybridized carbons (Fsp3) is 0.259. The Balaban J connectivity index is 1.30. The van der Waals surface area contributed by atoms with Crippen LogP contribution in [0.25, 0.3) is 10.9 Å². The molecule has 0 aliphatic carbocycles. The molecule has 0 atom stereocenters. The molecule has 0 spiro atoms. The van der Waals surface area contributed by atoms with Crippen LogP contribution in [0.3, 0.4) is 0 Å². The number of rotatable bonds is 6. The number of nitrogens with one attached hydrogen (secondary N) is 1. The highest BCUT2D eigenvalue weighted by molar-refractivity contribution is 6.05. The Morgan fingerprint density at radius 2 is 1.63 bits per heavy atom. The standard InChI is InChI=1S/C27H27F2N5O/c1-32-10-12-33(13-11-32)26-5-3-2-4-24(26)27(35)31-34-25-9-8-19(14-21(25)18-30-34)6-7-20-15-22(28)17-23(29)16-20/h2-5,8-9,14-18H,6-7,10-13H2,1H3,(H,31,35). The lowest BCUT2D eigenvalue weighted by atomic mass is 10.0. The molecule has 35 heavy (non-hydrogen) atoms. The number of piperazine rings is 1. The molecule has 0 unspecified atom stereocenters. The van der Waals surface area contributed by atoms with E-state index in [1.165, 1.54) is 16.9 Å². The number of amides is 1. The zero-order valence-corrected chi connectivity index (χ0v) is 19.5. The third-order valence-corrected chi connectivity index (χ3v) is 6.46. The Morgan fingerprint density at radius 3 is 2.40 bits per heavy atom. The summed E-state index contributed by atoms with van der Waals surface area (Å²) in [4.78, 5) is 19.2. The minimum Gasteiger partial charge on any atom is -0.368 e. The second-order valence-electron chi connectivity index (χ2n) is 8.98. The zero-order valence-electron chi connectivity index (χ0n) is 19.5. The van der Waals surface area contributed by atoms with Crippen molar-refractivity contribution in [1.29, 1.82) is 0 Å². The highest BCUT2D eigenvalue weighted by Crippen LogP contribution is 2.23. The van der Waals surface area contributed by atoms with Crippen molar-refractivity contribution in [2.75, 3.05) is 43.6 Å². The predicted molar refractivity (Wildman–Crippen MR) is 133 cm³/mol. The van der Waals surface area contributed by atoms with Gasteiger partial charge < -0.3 is 9.80 Å². The summed E-state index contributed by atoms with van der Waals surface area (Å²) in [7, 11) is 2.10. The quantitative estimate of drug-likeness (QED) is 0.453. The topological polar surface area (TPSA) is 53.4 Å². The number of aromatic nitrogens is 2. The van der Waals surface area contributed by atoms with Gasteiger partial charge in [-0.15, -0.1) is 0 Å². The fourth-order valence-electron chi connectivity index (χ4n) is 4.52. The third kappa shape index (κ3) is 5.17. The monoisotopic (exact) mass is 475 g/mol. The van der Waals surface area contributed by atoms with Crippen molar-refractivity contribution in [1.82, 2.24) is 14.8 Å². The first-order chi connectivity index (χ1) is 17.0. The Labute approximate surface area is 202 Å². The van der Waals surface area contributed by atoms with Gasteiger partial charge in [-0.2, -0.15) is 9.89 Å². The first-order valence-electron chi connectivity index (χ1n) is 11.7. The second-order valence-corrected chi connectivity index (χ2v) is 8.98. The van der Waals surface area contributed by atoms with Crippen LogP contribution in [0.5, 0.6) is 0 Å². The van der Waals surface area contributed by atoms with Gasteiger partial charge in [0.15, 0.2) is 0 Å². The fourth-order valence-corrected chi connectivity index (χ4v) is 4.52. The van der Waals surface area contributed by atoms with Crippen LogP contribution >= 0.6 is 0 Å². The average molecular weight is 476 g/mol. The predicted octanol–water partition coefficient (Wildman–Crippen LogP) is 4.24. The van der Waals surface area contributed by atoms with Crippen LogP contribution in [0.15, 0.2) is 66.9 Å². The molecule has 1 saturated heterocycles. The number of carbonyl (C=O) groups excluding carboxylic acids is 1. The van der Waals surface area contributed by atoms with E-state index in [0.29, 0.717) is 24.0 Å². The lowest BCUT2D eigenvalue weighted by Gasteiger charge is -2.34. The number of likely N-dealkylation sites (N-methyl/N-ethyl adjacent to an activating group) is 1. The number of para-hydroxylation sites is 1. The maximum atomic E-state index is 13.4. The number of aryl methyl sites for hydroxylation is 2. The summed E-state index contributed by atoms with van der Waals surface area (Å²) in [5.74, 6) is -1.36. The molecule has 1 aromatic heterocycles. The highest BCUT2D eigenvalue weighted by Gasteiger charge is 2.20. The number of hydrogen-bond acceptors (Lipinski definition) is 4. The molecule has 1 fully saturated rings. The molecule has 1 aliphatic heterocycles. The van der Waals surface area contributed by atoms with Crippen LogP contribution < -0.4 is 10.3 Å². The van der Waals surface area contributed by atoms with Crippen LogP contribution in [-0.4, -0.2) is 53.9 Å². The molecule has 1 amide bonds. The van der Waals surface area contributed by atoms with Gasteiger partial charge in [0.1, 0.15) is 11.6 Å². The molecular formula is C27H27F2N5O. The summed E-state index contributed by atoms with van der Waals surface area (Å²) >= 11 is 0. The lowest BCUT2D eigenvalue weighted by molar-refractivity contribution is 0.101. The molecule has 5 rings (SSSR count). The maximum Gasteiger partial charge on any atom is 0.273 e. The zero-order chi connectivity index (χ0) is 24.4. The van der Waals surface area contributed by atoms with E-state index in [1.54, 1.807) is 6.20 Å². The number of hydrogen-bond donors (Lipinski definition) is 1. The van der Waals surface area contributed by atoms with Gasteiger partial charge in [0, 0.05) is 43.3 Å². The lowest BCUT2D eigenvalue weighted by Crippen LogP contribution is -2.45. The summed E-state index contributed by atoms with van der Waals surface area (Å²) in [6.07, 6.45) is 2.86. The van der Waals surface area contributed by atoms with E-state index in [9.17, 15) is 13.6 Å². The van der Waals surface area contributed by atoms with Gasteiger partial charge in [-0.25, -0.2) is 14.2 Å². The smallest absolute Gasteiger partial charge is 0.273 e. The summed E-state index contributed by atoms with van der Waals surface area (Å²) in [6.45, 7) is 3.65. The third-order valence-electron chi connectivity index (χ3n) is 6.46. The summed E-state index contributed by atoms with van der Waals surface area (Å²) < 4.78 is 26.9. The van der Waals surface area contributed by atoms with Crippen molar-refractivity contribution in [3.63, 3.8) is 0 Å². The van der Waals surface area contributed by atoms with Crippen LogP contribution in [0, 0.1) is 11.6 Å². The van der Waals surface area contributed by atoms with E-state index in [4.69, 9.17) is 0 Å². The number of benzene rings is 3. The number of carbonyl (C=O) groups is 1. The Hall–Kier alpha value is -3.78. The molecule has 180 valence electrons. The summed E-state index contributed by atoms with van der Waals surface area (Å²) in [5, 5.41) is 5.24. The number of anilines is 1. The van der Waals surface area contributed by atoms with Gasteiger partial charge >= 0.3 is 0 Å². The molecule has 1 N–H and O–H groups in total. The van der Waals surface area contributed by atoms with E-state index >= 15 is 0 Å². The van der Waals surface area contributed by atoms with Crippen LogP contribution in [0.1, 0.15) is 21.5 Å². The molecule has 6 nitrogen and oxygen atoms in total. The van der Waals surface area contributed by atoms with Gasteiger partial charge in [0.05, 0.1) is 17.3 Å². The SMILES string of the molecule is CN1CCN(c2ccccc2C(=O)Nn2ncc3cc(CCc4cc(F)cc(F)c4)ccc32)CC1. The maximum absolute atomic E-state index is 13.4. The number of halogens is 2. The van der Waals surface area contributed by atoms with Crippen molar-refractivity contribution < 1.29 is 13.6 Å². The van der Waals surface area contributed by atoms with Gasteiger partial charge in [-0.05, 0) is 67.4 Å². The number of fused-ring (bicyclic) bond motifs is 1. The molecular weight excluding hydrogens is 448 g/mol. The van der Waals surface area contributed by atoms with Crippen LogP contribution in [-0.2, 0) is 12.8 Å². The van der Waals surface area contributed by atoms with Gasteiger partial charge in [0.25, 0.3) is 5.91 Å². The molecule has 0 radical (unpaired) electrons. The van der Waals surface area contributed by atoms with E-state index in [0.717, 1.165) is 54.4 Å². The Kier molecular flexibility index (Phi) is 6.46. The molecule has 8 heteroatoms. The minimum atomic E-state index is -0.568. The summed E-state index contributed by atoms with van der Waals surface area (Å²) in [5.41, 5.74) is 6.85. The highest BCUT2D eigenvalue weighted by atomic mass is 19.1. The van der Waals surface area contributed by atoms with Crippen LogP contribution in [0.2, 0.25) is 0 Å². The van der Waals surface area contributed by atoms with Crippen LogP contribution in [0.4, 0.5) is 14.5 Å². The second kappa shape index (κ2) is 9.84. The first kappa shape index (κ1) is 23.0. The van der Waals surface area contributed by atoms with Crippen molar-refractivity contribution in [3.05, 3.63) is 95.2 Å². The van der Waals surface area contributed by atoms with E-state index in [1.807, 2.05) is 42.5 Å².